The van der Waals surface area contributed by atoms with Crippen LogP contribution in [0.2, 0.25) is 5.02 Å². The van der Waals surface area contributed by atoms with Crippen LogP contribution in [-0.4, -0.2) is 0 Å². The Morgan fingerprint density at radius 1 is 1.56 bits per heavy atom. The van der Waals surface area contributed by atoms with Gasteiger partial charge in [0.15, 0.2) is 11.9 Å². The molecule has 0 unspecified atom stereocenters. The summed E-state index contributed by atoms with van der Waals surface area (Å²) in [5, 5.41) is 11.1. The monoisotopic (exact) mass is 143 g/mol. The molecule has 0 aliphatic carbocycles. The summed E-state index contributed by atoms with van der Waals surface area (Å²) >= 11 is 5.50. The minimum Gasteiger partial charge on any atom is -0.618 e. The fraction of sp³-hybridized carbons (Fsp3) is 0.167. The number of halogens is 1. The largest absolute Gasteiger partial charge is 0.618 e. The third kappa shape index (κ3) is 1.33. The van der Waals surface area contributed by atoms with E-state index >= 15 is 0 Å². The normalized spacial score (nSPS) is 9.56. The molecule has 0 saturated carbocycles. The van der Waals surface area contributed by atoms with Crippen molar-refractivity contribution < 1.29 is 4.73 Å². The maximum Gasteiger partial charge on any atom is 0.199 e. The first-order chi connectivity index (χ1) is 4.20. The van der Waals surface area contributed by atoms with Crippen LogP contribution in [0.15, 0.2) is 18.3 Å². The highest BCUT2D eigenvalue weighted by atomic mass is 35.5. The Morgan fingerprint density at radius 3 is 2.67 bits per heavy atom. The van der Waals surface area contributed by atoms with Crippen LogP contribution >= 0.6 is 11.6 Å². The van der Waals surface area contributed by atoms with Gasteiger partial charge in [-0.05, 0) is 6.07 Å². The van der Waals surface area contributed by atoms with Crippen LogP contribution in [0.4, 0.5) is 0 Å². The van der Waals surface area contributed by atoms with E-state index in [2.05, 4.69) is 0 Å². The Kier molecular flexibility index (Phi) is 1.58. The van der Waals surface area contributed by atoms with E-state index in [0.29, 0.717) is 10.7 Å². The van der Waals surface area contributed by atoms with Gasteiger partial charge in [-0.3, -0.25) is 0 Å². The molecule has 9 heavy (non-hydrogen) atoms. The third-order valence-corrected chi connectivity index (χ3v) is 1.30. The topological polar surface area (TPSA) is 26.9 Å². The molecular weight excluding hydrogens is 138 g/mol. The number of pyridine rings is 1. The first-order valence-corrected chi connectivity index (χ1v) is 2.93. The molecule has 1 aromatic rings. The SMILES string of the molecule is Cc1ccc(Cl)c[n+]1[O-]. The van der Waals surface area contributed by atoms with E-state index < -0.39 is 0 Å². The summed E-state index contributed by atoms with van der Waals surface area (Å²) < 4.78 is 0.738. The van der Waals surface area contributed by atoms with Crippen LogP contribution in [0, 0.1) is 12.1 Å². The first kappa shape index (κ1) is 6.36. The van der Waals surface area contributed by atoms with Crippen molar-refractivity contribution >= 4 is 11.6 Å². The number of nitrogens with zero attached hydrogens (tertiary/aromatic N) is 1. The van der Waals surface area contributed by atoms with Crippen LogP contribution in [-0.2, 0) is 0 Å². The quantitative estimate of drug-likeness (QED) is 0.397. The van der Waals surface area contributed by atoms with Gasteiger partial charge in [0, 0.05) is 13.0 Å². The fourth-order valence-electron chi connectivity index (χ4n) is 0.531. The average Bonchev–Trinajstić information content (AvgIpc) is 1.80. The molecule has 2 nitrogen and oxygen atoms in total. The molecule has 0 saturated heterocycles. The van der Waals surface area contributed by atoms with Crippen molar-refractivity contribution in [3.8, 4) is 0 Å². The van der Waals surface area contributed by atoms with E-state index in [1.807, 2.05) is 0 Å². The molecule has 3 heteroatoms. The standard InChI is InChI=1S/C6H6ClNO/c1-5-2-3-6(7)4-8(5)9/h2-4H,1H3. The van der Waals surface area contributed by atoms with Crippen LogP contribution < -0.4 is 4.73 Å². The third-order valence-electron chi connectivity index (χ3n) is 1.07. The van der Waals surface area contributed by atoms with Gasteiger partial charge in [0.25, 0.3) is 0 Å². The van der Waals surface area contributed by atoms with Crippen molar-refractivity contribution in [1.82, 2.24) is 0 Å². The Hall–Kier alpha value is -0.760. The van der Waals surface area contributed by atoms with E-state index in [1.165, 1.54) is 6.20 Å². The van der Waals surface area contributed by atoms with E-state index in [0.717, 1.165) is 4.73 Å². The second kappa shape index (κ2) is 2.23. The molecule has 1 rings (SSSR count). The van der Waals surface area contributed by atoms with Gasteiger partial charge < -0.3 is 5.21 Å². The molecule has 1 heterocycles. The van der Waals surface area contributed by atoms with E-state index in [4.69, 9.17) is 11.6 Å². The minimum atomic E-state index is 0.468. The van der Waals surface area contributed by atoms with Gasteiger partial charge >= 0.3 is 0 Å². The summed E-state index contributed by atoms with van der Waals surface area (Å²) in [6, 6.07) is 3.36. The van der Waals surface area contributed by atoms with Crippen molar-refractivity contribution in [3.63, 3.8) is 0 Å². The average molecular weight is 144 g/mol. The predicted octanol–water partition coefficient (Wildman–Crippen LogP) is 1.28. The highest BCUT2D eigenvalue weighted by molar-refractivity contribution is 6.30. The molecule has 0 atom stereocenters. The highest BCUT2D eigenvalue weighted by Crippen LogP contribution is 2.02. The molecule has 0 aromatic carbocycles. The number of hydrogen-bond acceptors (Lipinski definition) is 1. The van der Waals surface area contributed by atoms with Gasteiger partial charge in [-0.25, -0.2) is 0 Å². The summed E-state index contributed by atoms with van der Waals surface area (Å²) in [5.74, 6) is 0. The lowest BCUT2D eigenvalue weighted by molar-refractivity contribution is -0.612. The maximum absolute atomic E-state index is 10.7. The van der Waals surface area contributed by atoms with Crippen LogP contribution in [0.5, 0.6) is 0 Å². The maximum atomic E-state index is 10.7. The van der Waals surface area contributed by atoms with E-state index in [1.54, 1.807) is 19.1 Å². The Balaban J connectivity index is 3.17. The molecule has 0 radical (unpaired) electrons. The van der Waals surface area contributed by atoms with Gasteiger partial charge in [0.1, 0.15) is 5.02 Å². The van der Waals surface area contributed by atoms with Gasteiger partial charge in [-0.1, -0.05) is 11.6 Å². The summed E-state index contributed by atoms with van der Waals surface area (Å²) in [6.45, 7) is 1.73. The zero-order valence-corrected chi connectivity index (χ0v) is 5.72. The van der Waals surface area contributed by atoms with Crippen LogP contribution in [0.3, 0.4) is 0 Å². The predicted molar refractivity (Wildman–Crippen MR) is 35.1 cm³/mol. The van der Waals surface area contributed by atoms with Gasteiger partial charge in [-0.15, -0.1) is 0 Å². The second-order valence-corrected chi connectivity index (χ2v) is 2.25. The molecular formula is C6H6ClNO. The highest BCUT2D eigenvalue weighted by Gasteiger charge is 1.96. The Morgan fingerprint density at radius 2 is 2.22 bits per heavy atom. The number of aromatic nitrogens is 1. The van der Waals surface area contributed by atoms with Crippen molar-refractivity contribution in [2.75, 3.05) is 0 Å². The zero-order chi connectivity index (χ0) is 6.85. The fourth-order valence-corrected chi connectivity index (χ4v) is 0.682. The van der Waals surface area contributed by atoms with Crippen molar-refractivity contribution in [2.45, 2.75) is 6.92 Å². The Labute approximate surface area is 58.3 Å². The molecule has 0 spiro atoms. The zero-order valence-electron chi connectivity index (χ0n) is 4.97. The molecule has 48 valence electrons. The number of hydrogen-bond donors (Lipinski definition) is 0. The molecule has 0 fully saturated rings. The van der Waals surface area contributed by atoms with Crippen molar-refractivity contribution in [1.29, 1.82) is 0 Å². The van der Waals surface area contributed by atoms with Gasteiger partial charge in [0.2, 0.25) is 0 Å². The second-order valence-electron chi connectivity index (χ2n) is 1.81. The molecule has 0 aliphatic rings. The van der Waals surface area contributed by atoms with E-state index in [-0.39, 0.29) is 0 Å². The summed E-state index contributed by atoms with van der Waals surface area (Å²) in [7, 11) is 0. The molecule has 1 aromatic heterocycles. The van der Waals surface area contributed by atoms with Gasteiger partial charge in [0.05, 0.1) is 0 Å². The molecule has 0 amide bonds. The van der Waals surface area contributed by atoms with Crippen LogP contribution in [0.1, 0.15) is 5.69 Å². The number of aryl methyl sites for hydroxylation is 1. The lowest BCUT2D eigenvalue weighted by Crippen LogP contribution is -2.28. The van der Waals surface area contributed by atoms with Crippen molar-refractivity contribution in [2.24, 2.45) is 0 Å². The lowest BCUT2D eigenvalue weighted by atomic mass is 10.4. The van der Waals surface area contributed by atoms with Crippen LogP contribution in [0.25, 0.3) is 0 Å². The lowest BCUT2D eigenvalue weighted by Gasteiger charge is -1.97. The number of rotatable bonds is 0. The first-order valence-electron chi connectivity index (χ1n) is 2.55. The Bertz CT molecular complexity index is 224. The van der Waals surface area contributed by atoms with E-state index in [9.17, 15) is 5.21 Å². The summed E-state index contributed by atoms with van der Waals surface area (Å²) in [4.78, 5) is 0. The summed E-state index contributed by atoms with van der Waals surface area (Å²) in [6.07, 6.45) is 1.33. The molecule has 0 aliphatic heterocycles. The molecule has 0 bridgehead atoms. The minimum absolute atomic E-state index is 0.468. The van der Waals surface area contributed by atoms with Gasteiger partial charge in [-0.2, -0.15) is 4.73 Å². The summed E-state index contributed by atoms with van der Waals surface area (Å²) in [5.41, 5.74) is 0.652. The smallest absolute Gasteiger partial charge is 0.199 e. The van der Waals surface area contributed by atoms with Crippen molar-refractivity contribution in [3.05, 3.63) is 34.3 Å². The molecule has 0 N–H and O–H groups in total.